The fourth-order valence-electron chi connectivity index (χ4n) is 1.92. The monoisotopic (exact) mass is 238 g/mol. The fourth-order valence-corrected chi connectivity index (χ4v) is 1.92. The van der Waals surface area contributed by atoms with Gasteiger partial charge in [0.25, 0.3) is 5.91 Å². The van der Waals surface area contributed by atoms with Crippen LogP contribution in [0.5, 0.6) is 0 Å². The molecular formula is C12H22N4O. The molecule has 0 aliphatic carbocycles. The Labute approximate surface area is 102 Å². The molecule has 3 N–H and O–H groups in total. The maximum atomic E-state index is 12.1. The van der Waals surface area contributed by atoms with Gasteiger partial charge in [-0.15, -0.1) is 0 Å². The van der Waals surface area contributed by atoms with Crippen molar-refractivity contribution in [2.45, 2.75) is 40.2 Å². The molecule has 0 aliphatic rings. The van der Waals surface area contributed by atoms with Gasteiger partial charge in [-0.05, 0) is 19.3 Å². The van der Waals surface area contributed by atoms with Crippen LogP contribution in [0.2, 0.25) is 0 Å². The summed E-state index contributed by atoms with van der Waals surface area (Å²) in [6.45, 7) is 8.03. The van der Waals surface area contributed by atoms with Gasteiger partial charge in [-0.3, -0.25) is 9.48 Å². The van der Waals surface area contributed by atoms with Crippen molar-refractivity contribution in [2.24, 2.45) is 13.0 Å². The van der Waals surface area contributed by atoms with Gasteiger partial charge < -0.3 is 11.1 Å². The predicted molar refractivity (Wildman–Crippen MR) is 68.7 cm³/mol. The molecule has 1 heterocycles. The van der Waals surface area contributed by atoms with Crippen LogP contribution in [0.4, 0.5) is 5.69 Å². The molecule has 1 unspecified atom stereocenters. The number of nitrogens with zero attached hydrogens (tertiary/aromatic N) is 2. The molecule has 0 saturated carbocycles. The quantitative estimate of drug-likeness (QED) is 0.834. The van der Waals surface area contributed by atoms with Crippen LogP contribution in [0.25, 0.3) is 0 Å². The van der Waals surface area contributed by atoms with Crippen LogP contribution in [0, 0.1) is 12.8 Å². The molecule has 5 nitrogen and oxygen atoms in total. The van der Waals surface area contributed by atoms with Gasteiger partial charge in [-0.2, -0.15) is 5.10 Å². The smallest absolute Gasteiger partial charge is 0.271 e. The van der Waals surface area contributed by atoms with E-state index in [1.807, 2.05) is 0 Å². The van der Waals surface area contributed by atoms with E-state index in [-0.39, 0.29) is 11.9 Å². The number of amides is 1. The first-order chi connectivity index (χ1) is 7.88. The molecule has 0 aliphatic heterocycles. The minimum absolute atomic E-state index is 0.147. The molecule has 0 bridgehead atoms. The first-order valence-corrected chi connectivity index (χ1v) is 5.98. The van der Waals surface area contributed by atoms with Gasteiger partial charge in [0.2, 0.25) is 0 Å². The fraction of sp³-hybridized carbons (Fsp3) is 0.667. The minimum Gasteiger partial charge on any atom is -0.395 e. The zero-order valence-corrected chi connectivity index (χ0v) is 11.2. The Morgan fingerprint density at radius 1 is 1.53 bits per heavy atom. The molecule has 1 aromatic heterocycles. The Balaban J connectivity index is 2.90. The van der Waals surface area contributed by atoms with Crippen LogP contribution in [-0.2, 0) is 7.05 Å². The van der Waals surface area contributed by atoms with Gasteiger partial charge in [-0.1, -0.05) is 20.8 Å². The Hall–Kier alpha value is -1.52. The third-order valence-corrected chi connectivity index (χ3v) is 3.04. The Morgan fingerprint density at radius 3 is 2.47 bits per heavy atom. The summed E-state index contributed by atoms with van der Waals surface area (Å²) in [4.78, 5) is 12.1. The lowest BCUT2D eigenvalue weighted by Crippen LogP contribution is -2.39. The number of nitrogens with one attached hydrogen (secondary N) is 1. The van der Waals surface area contributed by atoms with Crippen LogP contribution < -0.4 is 11.1 Å². The Bertz CT molecular complexity index is 409. The summed E-state index contributed by atoms with van der Waals surface area (Å²) < 4.78 is 1.53. The summed E-state index contributed by atoms with van der Waals surface area (Å²) in [5.74, 6) is 0.255. The van der Waals surface area contributed by atoms with E-state index in [2.05, 4.69) is 31.2 Å². The maximum Gasteiger partial charge on any atom is 0.271 e. The molecule has 1 amide bonds. The van der Waals surface area contributed by atoms with E-state index >= 15 is 0 Å². The first kappa shape index (κ1) is 13.5. The normalized spacial score (nSPS) is 12.8. The van der Waals surface area contributed by atoms with Crippen LogP contribution in [-0.4, -0.2) is 21.7 Å². The van der Waals surface area contributed by atoms with Gasteiger partial charge in [-0.25, -0.2) is 0 Å². The molecule has 1 aromatic rings. The first-order valence-electron chi connectivity index (χ1n) is 5.98. The van der Waals surface area contributed by atoms with Crippen LogP contribution in [0.3, 0.4) is 0 Å². The highest BCUT2D eigenvalue weighted by atomic mass is 16.2. The largest absolute Gasteiger partial charge is 0.395 e. The highest BCUT2D eigenvalue weighted by Crippen LogP contribution is 2.16. The standard InChI is InChI=1S/C12H22N4O/c1-6-9(7(2)3)14-12(17)11-10(13)8(4)15-16(11)5/h7,9H,6,13H2,1-5H3,(H,14,17). The summed E-state index contributed by atoms with van der Waals surface area (Å²) in [5.41, 5.74) is 7.45. The third-order valence-electron chi connectivity index (χ3n) is 3.04. The number of rotatable bonds is 4. The molecule has 0 radical (unpaired) electrons. The van der Waals surface area contributed by atoms with E-state index in [1.165, 1.54) is 4.68 Å². The number of hydrogen-bond acceptors (Lipinski definition) is 3. The summed E-state index contributed by atoms with van der Waals surface area (Å²) in [7, 11) is 1.73. The Kier molecular flexibility index (Phi) is 4.15. The number of nitrogens with two attached hydrogens (primary N) is 1. The molecule has 96 valence electrons. The molecule has 17 heavy (non-hydrogen) atoms. The van der Waals surface area contributed by atoms with Crippen LogP contribution in [0.1, 0.15) is 43.4 Å². The van der Waals surface area contributed by atoms with Crippen molar-refractivity contribution in [1.82, 2.24) is 15.1 Å². The van der Waals surface area contributed by atoms with Crippen molar-refractivity contribution >= 4 is 11.6 Å². The van der Waals surface area contributed by atoms with E-state index in [1.54, 1.807) is 14.0 Å². The van der Waals surface area contributed by atoms with E-state index in [0.717, 1.165) is 6.42 Å². The number of hydrogen-bond donors (Lipinski definition) is 2. The van der Waals surface area contributed by atoms with E-state index < -0.39 is 0 Å². The number of carbonyl (C=O) groups is 1. The van der Waals surface area contributed by atoms with Gasteiger partial charge in [0.15, 0.2) is 0 Å². The summed E-state index contributed by atoms with van der Waals surface area (Å²) >= 11 is 0. The van der Waals surface area contributed by atoms with Gasteiger partial charge in [0, 0.05) is 13.1 Å². The van der Waals surface area contributed by atoms with Crippen molar-refractivity contribution < 1.29 is 4.79 Å². The van der Waals surface area contributed by atoms with E-state index in [9.17, 15) is 4.79 Å². The van der Waals surface area contributed by atoms with Crippen molar-refractivity contribution in [1.29, 1.82) is 0 Å². The van der Waals surface area contributed by atoms with Gasteiger partial charge >= 0.3 is 0 Å². The second-order valence-corrected chi connectivity index (χ2v) is 4.70. The van der Waals surface area contributed by atoms with Gasteiger partial charge in [0.1, 0.15) is 5.69 Å². The lowest BCUT2D eigenvalue weighted by Gasteiger charge is -2.20. The van der Waals surface area contributed by atoms with Crippen molar-refractivity contribution in [3.05, 3.63) is 11.4 Å². The number of aryl methyl sites for hydroxylation is 2. The average Bonchev–Trinajstić information content (AvgIpc) is 2.49. The summed E-state index contributed by atoms with van der Waals surface area (Å²) in [6, 6.07) is 0.164. The predicted octanol–water partition coefficient (Wildman–Crippen LogP) is 1.48. The lowest BCUT2D eigenvalue weighted by molar-refractivity contribution is 0.0916. The molecule has 0 fully saturated rings. The summed E-state index contributed by atoms with van der Waals surface area (Å²) in [6.07, 6.45) is 0.903. The minimum atomic E-state index is -0.147. The van der Waals surface area contributed by atoms with Gasteiger partial charge in [0.05, 0.1) is 11.4 Å². The van der Waals surface area contributed by atoms with Crippen molar-refractivity contribution in [3.63, 3.8) is 0 Å². The second kappa shape index (κ2) is 5.21. The molecule has 0 spiro atoms. The molecule has 0 saturated heterocycles. The number of carbonyl (C=O) groups excluding carboxylic acids is 1. The van der Waals surface area contributed by atoms with Crippen molar-refractivity contribution in [2.75, 3.05) is 5.73 Å². The lowest BCUT2D eigenvalue weighted by atomic mass is 10.0. The number of aromatic nitrogens is 2. The third kappa shape index (κ3) is 2.78. The average molecular weight is 238 g/mol. The molecule has 1 atom stereocenters. The summed E-state index contributed by atoms with van der Waals surface area (Å²) in [5, 5.41) is 7.14. The zero-order valence-electron chi connectivity index (χ0n) is 11.2. The highest BCUT2D eigenvalue weighted by molar-refractivity contribution is 5.98. The van der Waals surface area contributed by atoms with Crippen LogP contribution in [0.15, 0.2) is 0 Å². The number of anilines is 1. The molecule has 1 rings (SSSR count). The van der Waals surface area contributed by atoms with Crippen molar-refractivity contribution in [3.8, 4) is 0 Å². The Morgan fingerprint density at radius 2 is 2.12 bits per heavy atom. The SMILES string of the molecule is CCC(NC(=O)c1c(N)c(C)nn1C)C(C)C. The zero-order chi connectivity index (χ0) is 13.2. The van der Waals surface area contributed by atoms with E-state index in [0.29, 0.717) is 23.0 Å². The van der Waals surface area contributed by atoms with E-state index in [4.69, 9.17) is 5.73 Å². The maximum absolute atomic E-state index is 12.1. The molecule has 0 aromatic carbocycles. The number of nitrogen functional groups attached to an aromatic ring is 1. The highest BCUT2D eigenvalue weighted by Gasteiger charge is 2.21. The van der Waals surface area contributed by atoms with Crippen LogP contribution >= 0.6 is 0 Å². The second-order valence-electron chi connectivity index (χ2n) is 4.70. The molecule has 5 heteroatoms. The molecular weight excluding hydrogens is 216 g/mol. The topological polar surface area (TPSA) is 72.9 Å².